The lowest BCUT2D eigenvalue weighted by Crippen LogP contribution is -2.12. The van der Waals surface area contributed by atoms with Crippen molar-refractivity contribution in [2.45, 2.75) is 6.92 Å². The molecule has 5 heteroatoms. The largest absolute Gasteiger partial charge is 0.373 e. The summed E-state index contributed by atoms with van der Waals surface area (Å²) in [6.07, 6.45) is 0. The van der Waals surface area contributed by atoms with Crippen molar-refractivity contribution in [1.82, 2.24) is 4.98 Å². The zero-order valence-corrected chi connectivity index (χ0v) is 9.57. The second kappa shape index (κ2) is 4.12. The van der Waals surface area contributed by atoms with Gasteiger partial charge in [-0.1, -0.05) is 12.2 Å². The first-order valence-electron chi connectivity index (χ1n) is 4.24. The van der Waals surface area contributed by atoms with E-state index in [0.29, 0.717) is 27.3 Å². The lowest BCUT2D eigenvalue weighted by molar-refractivity contribution is 1.06. The monoisotopic (exact) mass is 218 g/mol. The number of nitrogens with one attached hydrogen (secondary N) is 1. The molecule has 0 radical (unpaired) electrons. The molecule has 1 rings (SSSR count). The van der Waals surface area contributed by atoms with E-state index in [2.05, 4.69) is 9.83 Å². The number of nitrogens with zero attached hydrogens (tertiary/aromatic N) is 3. The first kappa shape index (κ1) is 11.2. The summed E-state index contributed by atoms with van der Waals surface area (Å²) in [7, 11) is 3.64. The zero-order valence-electron chi connectivity index (χ0n) is 8.75. The van der Waals surface area contributed by atoms with E-state index in [4.69, 9.17) is 24.1 Å². The second-order valence-corrected chi connectivity index (χ2v) is 3.68. The topological polar surface area (TPSA) is 47.2 Å². The second-order valence-electron chi connectivity index (χ2n) is 3.27. The molecule has 0 aromatic carbocycles. The van der Waals surface area contributed by atoms with Crippen LogP contribution in [0, 0.1) is 29.5 Å². The van der Waals surface area contributed by atoms with Gasteiger partial charge in [0.05, 0.1) is 12.1 Å². The molecule has 1 heterocycles. The first-order chi connectivity index (χ1) is 7.02. The molecule has 1 N–H and O–H groups in total. The molecule has 0 aliphatic carbocycles. The van der Waals surface area contributed by atoms with Crippen LogP contribution in [0.25, 0.3) is 4.85 Å². The van der Waals surface area contributed by atoms with E-state index in [-0.39, 0.29) is 0 Å². The number of anilines is 1. The smallest absolute Gasteiger partial charge is 0.230 e. The number of nitriles is 1. The van der Waals surface area contributed by atoms with Gasteiger partial charge in [-0.3, -0.25) is 0 Å². The Morgan fingerprint density at radius 1 is 1.53 bits per heavy atom. The van der Waals surface area contributed by atoms with Crippen LogP contribution in [0.5, 0.6) is 0 Å². The fourth-order valence-electron chi connectivity index (χ4n) is 1.29. The number of pyridine rings is 1. The molecule has 76 valence electrons. The van der Waals surface area contributed by atoms with Crippen LogP contribution in [0.2, 0.25) is 0 Å². The van der Waals surface area contributed by atoms with Crippen molar-refractivity contribution in [3.05, 3.63) is 27.2 Å². The summed E-state index contributed by atoms with van der Waals surface area (Å²) in [5.74, 6) is 0.645. The van der Waals surface area contributed by atoms with Gasteiger partial charge in [-0.25, -0.2) is 4.85 Å². The molecule has 0 saturated carbocycles. The number of hydrogen-bond donors (Lipinski definition) is 1. The Morgan fingerprint density at radius 3 is 2.53 bits per heavy atom. The van der Waals surface area contributed by atoms with Gasteiger partial charge in [0.2, 0.25) is 5.69 Å². The van der Waals surface area contributed by atoms with E-state index in [9.17, 15) is 0 Å². The molecular weight excluding hydrogens is 208 g/mol. The van der Waals surface area contributed by atoms with Crippen molar-refractivity contribution in [2.75, 3.05) is 19.0 Å². The molecule has 1 aromatic heterocycles. The molecule has 0 saturated heterocycles. The highest BCUT2D eigenvalue weighted by Gasteiger charge is 2.13. The molecule has 4 nitrogen and oxygen atoms in total. The highest BCUT2D eigenvalue weighted by Crippen LogP contribution is 2.31. The van der Waals surface area contributed by atoms with Crippen LogP contribution in [0.3, 0.4) is 0 Å². The van der Waals surface area contributed by atoms with Gasteiger partial charge in [-0.05, 0) is 12.5 Å². The van der Waals surface area contributed by atoms with Gasteiger partial charge in [-0.15, -0.1) is 0 Å². The molecule has 0 aliphatic rings. The van der Waals surface area contributed by atoms with Crippen LogP contribution >= 0.6 is 12.2 Å². The Morgan fingerprint density at radius 2 is 2.13 bits per heavy atom. The van der Waals surface area contributed by atoms with Gasteiger partial charge in [0.1, 0.15) is 16.5 Å². The summed E-state index contributed by atoms with van der Waals surface area (Å²) >= 11 is 5.05. The average molecular weight is 218 g/mol. The third-order valence-corrected chi connectivity index (χ3v) is 2.39. The predicted molar refractivity (Wildman–Crippen MR) is 61.7 cm³/mol. The van der Waals surface area contributed by atoms with Crippen LogP contribution < -0.4 is 4.90 Å². The lowest BCUT2D eigenvalue weighted by atomic mass is 10.1. The number of aromatic amines is 1. The summed E-state index contributed by atoms with van der Waals surface area (Å²) in [5, 5.41) is 8.90. The SMILES string of the molecule is [C-]#[N+]c1c(N(C)C)[nH]c(=S)c(C#N)c1C. The fraction of sp³-hybridized carbons (Fsp3) is 0.300. The Kier molecular flexibility index (Phi) is 3.08. The highest BCUT2D eigenvalue weighted by atomic mass is 32.1. The minimum atomic E-state index is 0.376. The minimum Gasteiger partial charge on any atom is -0.373 e. The van der Waals surface area contributed by atoms with Crippen LogP contribution in [0.15, 0.2) is 0 Å². The quantitative estimate of drug-likeness (QED) is 0.582. The Balaban J connectivity index is 3.71. The van der Waals surface area contributed by atoms with E-state index in [1.54, 1.807) is 11.8 Å². The van der Waals surface area contributed by atoms with E-state index >= 15 is 0 Å². The summed E-state index contributed by atoms with van der Waals surface area (Å²) in [4.78, 5) is 8.09. The molecule has 0 unspecified atom stereocenters. The lowest BCUT2D eigenvalue weighted by Gasteiger charge is -2.16. The van der Waals surface area contributed by atoms with Gasteiger partial charge < -0.3 is 9.88 Å². The van der Waals surface area contributed by atoms with E-state index < -0.39 is 0 Å². The summed E-state index contributed by atoms with van der Waals surface area (Å²) < 4.78 is 0.381. The zero-order chi connectivity index (χ0) is 11.6. The van der Waals surface area contributed by atoms with Crippen LogP contribution in [0.4, 0.5) is 11.5 Å². The molecule has 1 aromatic rings. The van der Waals surface area contributed by atoms with Gasteiger partial charge >= 0.3 is 0 Å². The standard InChI is InChI=1S/C10H10N4S/c1-6-7(5-11)10(15)13-9(14(3)4)8(6)12-2/h1,3-4H3,(H,13,15). The third kappa shape index (κ3) is 1.83. The number of H-pyrrole nitrogens is 1. The summed E-state index contributed by atoms with van der Waals surface area (Å²) in [5.41, 5.74) is 1.46. The van der Waals surface area contributed by atoms with Crippen molar-refractivity contribution in [3.8, 4) is 6.07 Å². The minimum absolute atomic E-state index is 0.376. The molecule has 15 heavy (non-hydrogen) atoms. The van der Waals surface area contributed by atoms with Crippen molar-refractivity contribution in [1.29, 1.82) is 5.26 Å². The van der Waals surface area contributed by atoms with Gasteiger partial charge in [0, 0.05) is 14.1 Å². The Labute approximate surface area is 93.6 Å². The molecule has 0 atom stereocenters. The maximum absolute atomic E-state index is 8.90. The van der Waals surface area contributed by atoms with E-state index in [1.807, 2.05) is 20.2 Å². The molecule has 0 amide bonds. The maximum Gasteiger partial charge on any atom is 0.230 e. The Bertz CT molecular complexity index is 528. The Hall–Kier alpha value is -1.85. The maximum atomic E-state index is 8.90. The van der Waals surface area contributed by atoms with Crippen molar-refractivity contribution >= 4 is 23.7 Å². The van der Waals surface area contributed by atoms with E-state index in [0.717, 1.165) is 0 Å². The molecule has 0 bridgehead atoms. The number of rotatable bonds is 1. The predicted octanol–water partition coefficient (Wildman–Crippen LogP) is 2.54. The molecule has 0 spiro atoms. The van der Waals surface area contributed by atoms with Gasteiger partial charge in [0.15, 0.2) is 0 Å². The highest BCUT2D eigenvalue weighted by molar-refractivity contribution is 7.71. The average Bonchev–Trinajstić information content (AvgIpc) is 2.17. The van der Waals surface area contributed by atoms with Gasteiger partial charge in [-0.2, -0.15) is 5.26 Å². The third-order valence-electron chi connectivity index (χ3n) is 2.08. The molecule has 0 fully saturated rings. The van der Waals surface area contributed by atoms with Crippen LogP contribution in [-0.2, 0) is 0 Å². The number of aromatic nitrogens is 1. The molecular formula is C10H10N4S. The summed E-state index contributed by atoms with van der Waals surface area (Å²) in [6, 6.07) is 2.01. The fourth-order valence-corrected chi connectivity index (χ4v) is 1.59. The van der Waals surface area contributed by atoms with Crippen molar-refractivity contribution in [3.63, 3.8) is 0 Å². The van der Waals surface area contributed by atoms with Crippen molar-refractivity contribution < 1.29 is 0 Å². The van der Waals surface area contributed by atoms with Crippen molar-refractivity contribution in [2.24, 2.45) is 0 Å². The van der Waals surface area contributed by atoms with E-state index in [1.165, 1.54) is 0 Å². The first-order valence-corrected chi connectivity index (χ1v) is 4.65. The molecule has 0 aliphatic heterocycles. The number of hydrogen-bond acceptors (Lipinski definition) is 3. The summed E-state index contributed by atoms with van der Waals surface area (Å²) in [6.45, 7) is 8.83. The normalized spacial score (nSPS) is 9.13. The van der Waals surface area contributed by atoms with Crippen LogP contribution in [0.1, 0.15) is 11.1 Å². The van der Waals surface area contributed by atoms with Crippen LogP contribution in [-0.4, -0.2) is 19.1 Å². The van der Waals surface area contributed by atoms with Gasteiger partial charge in [0.25, 0.3) is 0 Å².